The van der Waals surface area contributed by atoms with Crippen molar-refractivity contribution in [3.8, 4) is 5.75 Å². The number of hydrogen-bond donors (Lipinski definition) is 0. The highest BCUT2D eigenvalue weighted by molar-refractivity contribution is 5.86. The smallest absolute Gasteiger partial charge is 0.168 e. The molecule has 94 valence electrons. The van der Waals surface area contributed by atoms with Crippen molar-refractivity contribution in [2.75, 3.05) is 7.11 Å². The Bertz CT molecular complexity index is 411. The highest BCUT2D eigenvalue weighted by Crippen LogP contribution is 2.26. The Kier molecular flexibility index (Phi) is 4.27. The van der Waals surface area contributed by atoms with Gasteiger partial charge in [0.25, 0.3) is 0 Å². The Labute approximate surface area is 102 Å². The minimum Gasteiger partial charge on any atom is -0.494 e. The van der Waals surface area contributed by atoms with E-state index < -0.39 is 11.2 Å². The molecule has 1 aromatic rings. The lowest BCUT2D eigenvalue weighted by molar-refractivity contribution is -0.126. The van der Waals surface area contributed by atoms with Gasteiger partial charge in [0.2, 0.25) is 0 Å². The van der Waals surface area contributed by atoms with E-state index >= 15 is 0 Å². The Morgan fingerprint density at radius 3 is 2.59 bits per heavy atom. The van der Waals surface area contributed by atoms with Gasteiger partial charge >= 0.3 is 0 Å². The van der Waals surface area contributed by atoms with Crippen LogP contribution in [0.1, 0.15) is 32.8 Å². The summed E-state index contributed by atoms with van der Waals surface area (Å²) in [6.07, 6.45) is 0.862. The molecule has 0 spiro atoms. The van der Waals surface area contributed by atoms with Gasteiger partial charge in [-0.2, -0.15) is 0 Å². The van der Waals surface area contributed by atoms with Crippen LogP contribution < -0.4 is 4.74 Å². The average molecular weight is 238 g/mol. The zero-order chi connectivity index (χ0) is 13.1. The number of carbonyl (C=O) groups is 1. The van der Waals surface area contributed by atoms with Crippen LogP contribution in [0.25, 0.3) is 0 Å². The number of halogens is 1. The van der Waals surface area contributed by atoms with E-state index in [2.05, 4.69) is 0 Å². The number of carbonyl (C=O) groups excluding carboxylic acids is 1. The molecule has 0 saturated heterocycles. The van der Waals surface area contributed by atoms with E-state index in [9.17, 15) is 9.18 Å². The fraction of sp³-hybridized carbons (Fsp3) is 0.500. The van der Waals surface area contributed by atoms with Crippen LogP contribution >= 0.6 is 0 Å². The standard InChI is InChI=1S/C14H19FO2/c1-5-14(2,3)12(16)9-10-7-6-8-11(17-4)13(10)15/h6-8H,5,9H2,1-4H3. The summed E-state index contributed by atoms with van der Waals surface area (Å²) in [5.41, 5.74) is -0.00827. The summed E-state index contributed by atoms with van der Waals surface area (Å²) in [4.78, 5) is 12.0. The second-order valence-corrected chi connectivity index (χ2v) is 4.77. The van der Waals surface area contributed by atoms with Gasteiger partial charge in [0.1, 0.15) is 5.78 Å². The van der Waals surface area contributed by atoms with E-state index in [-0.39, 0.29) is 18.0 Å². The van der Waals surface area contributed by atoms with E-state index in [1.54, 1.807) is 18.2 Å². The molecule has 0 aliphatic carbocycles. The van der Waals surface area contributed by atoms with Crippen LogP contribution in [-0.4, -0.2) is 12.9 Å². The van der Waals surface area contributed by atoms with Crippen LogP contribution in [0.2, 0.25) is 0 Å². The van der Waals surface area contributed by atoms with Crippen molar-refractivity contribution in [3.05, 3.63) is 29.6 Å². The molecule has 1 rings (SSSR count). The first kappa shape index (κ1) is 13.7. The van der Waals surface area contributed by atoms with Gasteiger partial charge in [0.15, 0.2) is 11.6 Å². The molecule has 0 bridgehead atoms. The summed E-state index contributed by atoms with van der Waals surface area (Å²) >= 11 is 0. The number of Topliss-reactive ketones (excluding diaryl/α,β-unsaturated/α-hetero) is 1. The number of methoxy groups -OCH3 is 1. The third-order valence-electron chi connectivity index (χ3n) is 3.25. The van der Waals surface area contributed by atoms with Crippen molar-refractivity contribution in [2.24, 2.45) is 5.41 Å². The molecule has 0 unspecified atom stereocenters. The van der Waals surface area contributed by atoms with Crippen LogP contribution in [0.15, 0.2) is 18.2 Å². The summed E-state index contributed by atoms with van der Waals surface area (Å²) < 4.78 is 18.7. The number of hydrogen-bond acceptors (Lipinski definition) is 2. The van der Waals surface area contributed by atoms with Crippen molar-refractivity contribution in [2.45, 2.75) is 33.6 Å². The molecule has 0 saturated carbocycles. The molecule has 2 nitrogen and oxygen atoms in total. The van der Waals surface area contributed by atoms with Crippen LogP contribution in [0.3, 0.4) is 0 Å². The lowest BCUT2D eigenvalue weighted by Crippen LogP contribution is -2.25. The second-order valence-electron chi connectivity index (χ2n) is 4.77. The van der Waals surface area contributed by atoms with Crippen LogP contribution in [0, 0.1) is 11.2 Å². The second kappa shape index (κ2) is 5.30. The normalized spacial score (nSPS) is 11.4. The molecular weight excluding hydrogens is 219 g/mol. The summed E-state index contributed by atoms with van der Waals surface area (Å²) in [5, 5.41) is 0. The van der Waals surface area contributed by atoms with E-state index in [0.717, 1.165) is 6.42 Å². The molecule has 17 heavy (non-hydrogen) atoms. The molecule has 0 radical (unpaired) electrons. The summed E-state index contributed by atoms with van der Waals surface area (Å²) in [6.45, 7) is 5.72. The van der Waals surface area contributed by atoms with E-state index in [1.165, 1.54) is 7.11 Å². The molecule has 0 aliphatic rings. The van der Waals surface area contributed by atoms with Crippen molar-refractivity contribution in [3.63, 3.8) is 0 Å². The van der Waals surface area contributed by atoms with Gasteiger partial charge in [-0.15, -0.1) is 0 Å². The van der Waals surface area contributed by atoms with Gasteiger partial charge in [-0.25, -0.2) is 4.39 Å². The van der Waals surface area contributed by atoms with E-state index in [4.69, 9.17) is 4.74 Å². The maximum Gasteiger partial charge on any atom is 0.168 e. The molecule has 0 N–H and O–H groups in total. The first-order chi connectivity index (χ1) is 7.92. The Hall–Kier alpha value is -1.38. The molecular formula is C14H19FO2. The first-order valence-corrected chi connectivity index (χ1v) is 5.77. The molecule has 0 amide bonds. The van der Waals surface area contributed by atoms with Gasteiger partial charge in [-0.1, -0.05) is 32.9 Å². The largest absolute Gasteiger partial charge is 0.494 e. The zero-order valence-electron chi connectivity index (χ0n) is 10.8. The van der Waals surface area contributed by atoms with E-state index in [1.807, 2.05) is 20.8 Å². The molecule has 3 heteroatoms. The first-order valence-electron chi connectivity index (χ1n) is 5.77. The Morgan fingerprint density at radius 2 is 2.06 bits per heavy atom. The number of ketones is 1. The molecule has 0 atom stereocenters. The van der Waals surface area contributed by atoms with Gasteiger partial charge in [-0.3, -0.25) is 4.79 Å². The predicted molar refractivity (Wildman–Crippen MR) is 65.7 cm³/mol. The Morgan fingerprint density at radius 1 is 1.41 bits per heavy atom. The van der Waals surface area contributed by atoms with Gasteiger partial charge in [0.05, 0.1) is 7.11 Å². The highest BCUT2D eigenvalue weighted by Gasteiger charge is 2.26. The van der Waals surface area contributed by atoms with Crippen LogP contribution in [0.4, 0.5) is 4.39 Å². The summed E-state index contributed by atoms with van der Waals surface area (Å²) in [6, 6.07) is 4.87. The monoisotopic (exact) mass is 238 g/mol. The summed E-state index contributed by atoms with van der Waals surface area (Å²) in [7, 11) is 1.42. The molecule has 0 aliphatic heterocycles. The van der Waals surface area contributed by atoms with Crippen molar-refractivity contribution in [1.29, 1.82) is 0 Å². The fourth-order valence-corrected chi connectivity index (χ4v) is 1.46. The number of rotatable bonds is 5. The van der Waals surface area contributed by atoms with Crippen molar-refractivity contribution in [1.82, 2.24) is 0 Å². The Balaban J connectivity index is 2.93. The minimum absolute atomic E-state index is 0.0483. The SMILES string of the molecule is CCC(C)(C)C(=O)Cc1cccc(OC)c1F. The quantitative estimate of drug-likeness (QED) is 0.786. The highest BCUT2D eigenvalue weighted by atomic mass is 19.1. The third-order valence-corrected chi connectivity index (χ3v) is 3.25. The van der Waals surface area contributed by atoms with Gasteiger partial charge in [-0.05, 0) is 18.1 Å². The van der Waals surface area contributed by atoms with E-state index in [0.29, 0.717) is 5.56 Å². The molecule has 0 fully saturated rings. The number of benzene rings is 1. The van der Waals surface area contributed by atoms with Gasteiger partial charge in [0, 0.05) is 11.8 Å². The van der Waals surface area contributed by atoms with Crippen LogP contribution in [-0.2, 0) is 11.2 Å². The molecule has 0 aromatic heterocycles. The zero-order valence-corrected chi connectivity index (χ0v) is 10.8. The minimum atomic E-state index is -0.435. The van der Waals surface area contributed by atoms with Crippen molar-refractivity contribution >= 4 is 5.78 Å². The lowest BCUT2D eigenvalue weighted by Gasteiger charge is -2.21. The van der Waals surface area contributed by atoms with Crippen LogP contribution in [0.5, 0.6) is 5.75 Å². The third kappa shape index (κ3) is 3.05. The van der Waals surface area contributed by atoms with Crippen molar-refractivity contribution < 1.29 is 13.9 Å². The predicted octanol–water partition coefficient (Wildman–Crippen LogP) is 3.38. The maximum atomic E-state index is 13.8. The molecule has 1 aromatic carbocycles. The molecule has 0 heterocycles. The maximum absolute atomic E-state index is 13.8. The average Bonchev–Trinajstić information content (AvgIpc) is 2.31. The van der Waals surface area contributed by atoms with Gasteiger partial charge < -0.3 is 4.74 Å². The topological polar surface area (TPSA) is 26.3 Å². The fourth-order valence-electron chi connectivity index (χ4n) is 1.46. The number of ether oxygens (including phenoxy) is 1. The lowest BCUT2D eigenvalue weighted by atomic mass is 9.82. The summed E-state index contributed by atoms with van der Waals surface area (Å²) in [5.74, 6) is -0.202.